The third kappa shape index (κ3) is 7.59. The van der Waals surface area contributed by atoms with Crippen LogP contribution in [0.25, 0.3) is 0 Å². The Labute approximate surface area is 123 Å². The van der Waals surface area contributed by atoms with Crippen molar-refractivity contribution in [1.29, 1.82) is 0 Å². The van der Waals surface area contributed by atoms with Crippen molar-refractivity contribution < 1.29 is 24.6 Å². The summed E-state index contributed by atoms with van der Waals surface area (Å²) in [6, 6.07) is -3.17. The summed E-state index contributed by atoms with van der Waals surface area (Å²) in [6.45, 7) is 1.12. The summed E-state index contributed by atoms with van der Waals surface area (Å²) in [4.78, 5) is 34.1. The normalized spacial score (nSPS) is 14.9. The number of nitrogens with one attached hydrogen (secondary N) is 2. The van der Waals surface area contributed by atoms with Crippen LogP contribution in [0, 0.1) is 0 Å². The lowest BCUT2D eigenvalue weighted by atomic mass is 10.1. The highest BCUT2D eigenvalue weighted by Crippen LogP contribution is 1.99. The molecule has 0 heterocycles. The number of amides is 2. The molecule has 0 saturated carbocycles. The first kappa shape index (κ1) is 19.3. The van der Waals surface area contributed by atoms with E-state index in [0.29, 0.717) is 19.4 Å². The summed E-state index contributed by atoms with van der Waals surface area (Å²) in [5, 5.41) is 22.2. The first-order chi connectivity index (χ1) is 9.83. The Morgan fingerprint density at radius 2 is 1.76 bits per heavy atom. The first-order valence-electron chi connectivity index (χ1n) is 6.73. The lowest BCUT2D eigenvalue weighted by Gasteiger charge is -2.20. The van der Waals surface area contributed by atoms with Gasteiger partial charge in [0.15, 0.2) is 0 Å². The third-order valence-electron chi connectivity index (χ3n) is 2.85. The molecule has 0 aromatic carbocycles. The van der Waals surface area contributed by atoms with Crippen LogP contribution in [0.3, 0.4) is 0 Å². The van der Waals surface area contributed by atoms with Gasteiger partial charge in [-0.3, -0.25) is 14.4 Å². The van der Waals surface area contributed by atoms with Gasteiger partial charge in [-0.25, -0.2) is 0 Å². The molecule has 0 fully saturated rings. The molecule has 0 aliphatic rings. The number of aliphatic carboxylic acids is 1. The molecule has 0 spiro atoms. The molecule has 3 atom stereocenters. The van der Waals surface area contributed by atoms with Gasteiger partial charge >= 0.3 is 5.97 Å². The van der Waals surface area contributed by atoms with Gasteiger partial charge in [0.2, 0.25) is 11.8 Å². The first-order valence-corrected chi connectivity index (χ1v) is 6.73. The Kier molecular flexibility index (Phi) is 9.26. The van der Waals surface area contributed by atoms with Gasteiger partial charge in [0, 0.05) is 0 Å². The van der Waals surface area contributed by atoms with Gasteiger partial charge < -0.3 is 32.3 Å². The average Bonchev–Trinajstić information content (AvgIpc) is 2.44. The fourth-order valence-electron chi connectivity index (χ4n) is 1.49. The summed E-state index contributed by atoms with van der Waals surface area (Å²) in [6.07, 6.45) is 1.83. The topological polar surface area (TPSA) is 168 Å². The highest BCUT2D eigenvalue weighted by atomic mass is 16.4. The van der Waals surface area contributed by atoms with E-state index in [2.05, 4.69) is 10.6 Å². The zero-order valence-electron chi connectivity index (χ0n) is 12.0. The minimum absolute atomic E-state index is 0.411. The molecule has 0 aliphatic heterocycles. The van der Waals surface area contributed by atoms with Crippen LogP contribution in [0.5, 0.6) is 0 Å². The van der Waals surface area contributed by atoms with Crippen molar-refractivity contribution in [2.75, 3.05) is 13.2 Å². The van der Waals surface area contributed by atoms with Gasteiger partial charge in [-0.05, 0) is 26.3 Å². The summed E-state index contributed by atoms with van der Waals surface area (Å²) in [5.74, 6) is -2.58. The molecule has 0 rings (SSSR count). The Hall–Kier alpha value is -1.71. The number of carbonyl (C=O) groups is 3. The monoisotopic (exact) mass is 304 g/mol. The maximum absolute atomic E-state index is 11.8. The van der Waals surface area contributed by atoms with Crippen LogP contribution < -0.4 is 22.1 Å². The number of carboxylic acids is 1. The van der Waals surface area contributed by atoms with Gasteiger partial charge in [0.1, 0.15) is 12.1 Å². The van der Waals surface area contributed by atoms with E-state index in [1.165, 1.54) is 6.92 Å². The fraction of sp³-hybridized carbons (Fsp3) is 0.750. The van der Waals surface area contributed by atoms with Crippen LogP contribution in [0.2, 0.25) is 0 Å². The number of carboxylic acid groups (broad SMARTS) is 1. The number of nitrogens with two attached hydrogens (primary N) is 2. The summed E-state index contributed by atoms with van der Waals surface area (Å²) >= 11 is 0. The van der Waals surface area contributed by atoms with E-state index in [4.69, 9.17) is 21.7 Å². The van der Waals surface area contributed by atoms with E-state index in [0.717, 1.165) is 6.42 Å². The minimum Gasteiger partial charge on any atom is -0.480 e. The molecule has 8 N–H and O–H groups in total. The van der Waals surface area contributed by atoms with Crippen LogP contribution in [0.4, 0.5) is 0 Å². The van der Waals surface area contributed by atoms with Gasteiger partial charge in [0.25, 0.3) is 0 Å². The lowest BCUT2D eigenvalue weighted by Crippen LogP contribution is -2.55. The van der Waals surface area contributed by atoms with E-state index < -0.39 is 42.5 Å². The molecule has 2 amide bonds. The van der Waals surface area contributed by atoms with Crippen LogP contribution in [0.15, 0.2) is 0 Å². The number of hydrogen-bond acceptors (Lipinski definition) is 6. The largest absolute Gasteiger partial charge is 0.480 e. The maximum atomic E-state index is 11.8. The maximum Gasteiger partial charge on any atom is 0.325 e. The van der Waals surface area contributed by atoms with E-state index in [1.54, 1.807) is 0 Å². The SMILES string of the molecule is CC(NC(=O)C(CO)NC(=O)C(N)CCCCN)C(=O)O. The van der Waals surface area contributed by atoms with E-state index in [1.807, 2.05) is 0 Å². The zero-order valence-corrected chi connectivity index (χ0v) is 12.0. The molecular weight excluding hydrogens is 280 g/mol. The molecule has 0 aromatic heterocycles. The van der Waals surface area contributed by atoms with E-state index in [9.17, 15) is 14.4 Å². The molecule has 0 radical (unpaired) electrons. The van der Waals surface area contributed by atoms with E-state index >= 15 is 0 Å². The Balaban J connectivity index is 4.37. The average molecular weight is 304 g/mol. The lowest BCUT2D eigenvalue weighted by molar-refractivity contribution is -0.142. The minimum atomic E-state index is -1.24. The van der Waals surface area contributed by atoms with E-state index in [-0.39, 0.29) is 0 Å². The standard InChI is InChI=1S/C12H24N4O5/c1-7(12(20)21)15-11(19)9(6-17)16-10(18)8(14)4-2-3-5-13/h7-9,17H,2-6,13-14H2,1H3,(H,15,19)(H,16,18)(H,20,21). The molecule has 9 nitrogen and oxygen atoms in total. The van der Waals surface area contributed by atoms with Crippen molar-refractivity contribution in [3.05, 3.63) is 0 Å². The van der Waals surface area contributed by atoms with Crippen molar-refractivity contribution >= 4 is 17.8 Å². The summed E-state index contributed by atoms with van der Waals surface area (Å²) in [5.41, 5.74) is 11.0. The van der Waals surface area contributed by atoms with Crippen molar-refractivity contribution in [2.45, 2.75) is 44.3 Å². The van der Waals surface area contributed by atoms with Crippen LogP contribution in [0.1, 0.15) is 26.2 Å². The summed E-state index contributed by atoms with van der Waals surface area (Å²) < 4.78 is 0. The number of hydrogen-bond donors (Lipinski definition) is 6. The van der Waals surface area contributed by atoms with Gasteiger partial charge in [0.05, 0.1) is 12.6 Å². The zero-order chi connectivity index (χ0) is 16.4. The quantitative estimate of drug-likeness (QED) is 0.243. The number of carbonyl (C=O) groups excluding carboxylic acids is 2. The molecule has 3 unspecified atom stereocenters. The van der Waals surface area contributed by atoms with Crippen LogP contribution in [-0.4, -0.2) is 59.3 Å². The molecule has 0 saturated heterocycles. The molecule has 122 valence electrons. The fourth-order valence-corrected chi connectivity index (χ4v) is 1.49. The summed E-state index contributed by atoms with van der Waals surface area (Å²) in [7, 11) is 0. The highest BCUT2D eigenvalue weighted by Gasteiger charge is 2.25. The van der Waals surface area contributed by atoms with Gasteiger partial charge in [-0.2, -0.15) is 0 Å². The smallest absolute Gasteiger partial charge is 0.325 e. The predicted octanol–water partition coefficient (Wildman–Crippen LogP) is -2.49. The molecule has 21 heavy (non-hydrogen) atoms. The Morgan fingerprint density at radius 3 is 2.24 bits per heavy atom. The third-order valence-corrected chi connectivity index (χ3v) is 2.85. The second-order valence-electron chi connectivity index (χ2n) is 4.70. The predicted molar refractivity (Wildman–Crippen MR) is 75.1 cm³/mol. The molecule has 9 heteroatoms. The molecular formula is C12H24N4O5. The molecule has 0 aliphatic carbocycles. The van der Waals surface area contributed by atoms with Crippen molar-refractivity contribution in [3.8, 4) is 0 Å². The number of unbranched alkanes of at least 4 members (excludes halogenated alkanes) is 1. The number of aliphatic hydroxyl groups excluding tert-OH is 1. The van der Waals surface area contributed by atoms with Crippen LogP contribution >= 0.6 is 0 Å². The molecule has 0 aromatic rings. The van der Waals surface area contributed by atoms with Crippen molar-refractivity contribution in [3.63, 3.8) is 0 Å². The Bertz CT molecular complexity index is 364. The number of aliphatic hydroxyl groups is 1. The Morgan fingerprint density at radius 1 is 1.14 bits per heavy atom. The van der Waals surface area contributed by atoms with Gasteiger partial charge in [-0.15, -0.1) is 0 Å². The number of rotatable bonds is 10. The second-order valence-corrected chi connectivity index (χ2v) is 4.70. The van der Waals surface area contributed by atoms with Crippen LogP contribution in [-0.2, 0) is 14.4 Å². The highest BCUT2D eigenvalue weighted by molar-refractivity contribution is 5.91. The van der Waals surface area contributed by atoms with Crippen molar-refractivity contribution in [2.24, 2.45) is 11.5 Å². The molecule has 0 bridgehead atoms. The van der Waals surface area contributed by atoms with Gasteiger partial charge in [-0.1, -0.05) is 6.42 Å². The van der Waals surface area contributed by atoms with Crippen molar-refractivity contribution in [1.82, 2.24) is 10.6 Å². The second kappa shape index (κ2) is 10.1.